The Kier molecular flexibility index (Phi) is 7.31. The van der Waals surface area contributed by atoms with Crippen molar-refractivity contribution in [2.24, 2.45) is 0 Å². The van der Waals surface area contributed by atoms with Crippen LogP contribution in [-0.2, 0) is 19.6 Å². The molecule has 2 aromatic carbocycles. The Morgan fingerprint density at radius 2 is 1.61 bits per heavy atom. The lowest BCUT2D eigenvalue weighted by Gasteiger charge is -2.14. The number of aromatic nitrogens is 1. The van der Waals surface area contributed by atoms with Gasteiger partial charge >= 0.3 is 0 Å². The van der Waals surface area contributed by atoms with Crippen LogP contribution < -0.4 is 15.4 Å². The lowest BCUT2D eigenvalue weighted by atomic mass is 9.98. The lowest BCUT2D eigenvalue weighted by Crippen LogP contribution is -2.41. The quantitative estimate of drug-likeness (QED) is 0.467. The highest BCUT2D eigenvalue weighted by Gasteiger charge is 2.23. The van der Waals surface area contributed by atoms with E-state index in [1.807, 2.05) is 26.2 Å². The van der Waals surface area contributed by atoms with Gasteiger partial charge in [-0.3, -0.25) is 9.59 Å². The molecule has 10 heteroatoms. The highest BCUT2D eigenvalue weighted by Crippen LogP contribution is 2.31. The van der Waals surface area contributed by atoms with E-state index in [-0.39, 0.29) is 10.8 Å². The highest BCUT2D eigenvalue weighted by atomic mass is 32.2. The summed E-state index contributed by atoms with van der Waals surface area (Å²) in [4.78, 5) is 28.2. The second kappa shape index (κ2) is 9.82. The molecule has 33 heavy (non-hydrogen) atoms. The average molecular weight is 487 g/mol. The molecule has 0 unspecified atom stereocenters. The van der Waals surface area contributed by atoms with E-state index in [1.165, 1.54) is 55.0 Å². The summed E-state index contributed by atoms with van der Waals surface area (Å²) in [7, 11) is -3.94. The van der Waals surface area contributed by atoms with Crippen LogP contribution in [0.25, 0.3) is 11.3 Å². The third-order valence-electron chi connectivity index (χ3n) is 4.88. The number of amides is 2. The molecule has 0 aliphatic rings. The Balaban J connectivity index is 1.68. The molecule has 0 saturated carbocycles. The standard InChI is InChI=1S/C23H26N4O4S2/c1-13-10-14(2)21(15(3)11-13)20-12-32-23(25-20)26-22(29)16(4)27-33(30,31)19-8-6-18(7-9-19)24-17(5)28/h6-12,16,27H,1-5H3,(H,24,28)(H,25,26,29)/t16-/m0/s1. The van der Waals surface area contributed by atoms with Gasteiger partial charge in [0.15, 0.2) is 5.13 Å². The molecule has 3 aromatic rings. The molecule has 0 bridgehead atoms. The van der Waals surface area contributed by atoms with Gasteiger partial charge in [0.2, 0.25) is 21.8 Å². The molecule has 2 amide bonds. The number of hydrogen-bond acceptors (Lipinski definition) is 6. The Bertz CT molecular complexity index is 1280. The van der Waals surface area contributed by atoms with E-state index in [0.29, 0.717) is 10.8 Å². The van der Waals surface area contributed by atoms with Crippen LogP contribution in [0.15, 0.2) is 46.7 Å². The third kappa shape index (κ3) is 6.04. The number of nitrogens with one attached hydrogen (secondary N) is 3. The van der Waals surface area contributed by atoms with E-state index in [2.05, 4.69) is 32.5 Å². The number of nitrogens with zero attached hydrogens (tertiary/aromatic N) is 1. The van der Waals surface area contributed by atoms with Crippen LogP contribution in [-0.4, -0.2) is 31.3 Å². The molecule has 174 valence electrons. The van der Waals surface area contributed by atoms with Crippen LogP contribution >= 0.6 is 11.3 Å². The number of thiazole rings is 1. The maximum absolute atomic E-state index is 12.6. The summed E-state index contributed by atoms with van der Waals surface area (Å²) in [5.74, 6) is -0.779. The van der Waals surface area contributed by atoms with Crippen molar-refractivity contribution >= 4 is 44.0 Å². The monoisotopic (exact) mass is 486 g/mol. The number of sulfonamides is 1. The van der Waals surface area contributed by atoms with Gasteiger partial charge in [0, 0.05) is 23.6 Å². The fraction of sp³-hybridized carbons (Fsp3) is 0.261. The van der Waals surface area contributed by atoms with Crippen LogP contribution in [0.3, 0.4) is 0 Å². The Hall–Kier alpha value is -3.08. The zero-order chi connectivity index (χ0) is 24.3. The summed E-state index contributed by atoms with van der Waals surface area (Å²) in [6.45, 7) is 8.90. The minimum absolute atomic E-state index is 0.0156. The molecular weight excluding hydrogens is 460 g/mol. The molecule has 0 aliphatic carbocycles. The van der Waals surface area contributed by atoms with Gasteiger partial charge in [0.1, 0.15) is 0 Å². The number of carbonyl (C=O) groups excluding carboxylic acids is 2. The first kappa shape index (κ1) is 24.6. The molecule has 0 spiro atoms. The number of carbonyl (C=O) groups is 2. The fourth-order valence-corrected chi connectivity index (χ4v) is 5.43. The molecule has 0 saturated heterocycles. The normalized spacial score (nSPS) is 12.3. The lowest BCUT2D eigenvalue weighted by molar-refractivity contribution is -0.117. The molecular formula is C23H26N4O4S2. The van der Waals surface area contributed by atoms with Gasteiger partial charge in [-0.15, -0.1) is 11.3 Å². The minimum Gasteiger partial charge on any atom is -0.326 e. The van der Waals surface area contributed by atoms with Gasteiger partial charge in [-0.25, -0.2) is 13.4 Å². The first-order chi connectivity index (χ1) is 15.5. The molecule has 0 radical (unpaired) electrons. The van der Waals surface area contributed by atoms with Gasteiger partial charge in [-0.05, 0) is 63.1 Å². The second-order valence-corrected chi connectivity index (χ2v) is 10.4. The van der Waals surface area contributed by atoms with Crippen molar-refractivity contribution in [3.63, 3.8) is 0 Å². The second-order valence-electron chi connectivity index (χ2n) is 7.85. The number of hydrogen-bond donors (Lipinski definition) is 3. The van der Waals surface area contributed by atoms with Crippen LogP contribution in [0, 0.1) is 20.8 Å². The molecule has 3 N–H and O–H groups in total. The summed E-state index contributed by atoms with van der Waals surface area (Å²) in [6, 6.07) is 8.81. The molecule has 0 fully saturated rings. The van der Waals surface area contributed by atoms with Crippen molar-refractivity contribution < 1.29 is 18.0 Å². The van der Waals surface area contributed by atoms with Crippen LogP contribution in [0.4, 0.5) is 10.8 Å². The number of aryl methyl sites for hydroxylation is 3. The number of benzene rings is 2. The topological polar surface area (TPSA) is 117 Å². The van der Waals surface area contributed by atoms with Gasteiger partial charge in [-0.2, -0.15) is 4.72 Å². The van der Waals surface area contributed by atoms with E-state index in [0.717, 1.165) is 22.4 Å². The first-order valence-corrected chi connectivity index (χ1v) is 12.6. The van der Waals surface area contributed by atoms with Gasteiger partial charge < -0.3 is 10.6 Å². The predicted molar refractivity (Wildman–Crippen MR) is 131 cm³/mol. The summed E-state index contributed by atoms with van der Waals surface area (Å²) in [6.07, 6.45) is 0. The Morgan fingerprint density at radius 3 is 2.18 bits per heavy atom. The van der Waals surface area contributed by atoms with E-state index in [9.17, 15) is 18.0 Å². The van der Waals surface area contributed by atoms with Crippen molar-refractivity contribution in [3.05, 3.63) is 58.5 Å². The molecule has 1 heterocycles. The maximum atomic E-state index is 12.6. The smallest absolute Gasteiger partial charge is 0.244 e. The van der Waals surface area contributed by atoms with E-state index >= 15 is 0 Å². The molecule has 1 aromatic heterocycles. The highest BCUT2D eigenvalue weighted by molar-refractivity contribution is 7.89. The van der Waals surface area contributed by atoms with Crippen molar-refractivity contribution in [2.75, 3.05) is 10.6 Å². The predicted octanol–water partition coefficient (Wildman–Crippen LogP) is 4.00. The first-order valence-electron chi connectivity index (χ1n) is 10.2. The van der Waals surface area contributed by atoms with Crippen LogP contribution in [0.1, 0.15) is 30.5 Å². The number of anilines is 2. The fourth-order valence-electron chi connectivity index (χ4n) is 3.52. The Labute approximate surface area is 197 Å². The van der Waals surface area contributed by atoms with E-state index in [1.54, 1.807) is 0 Å². The SMILES string of the molecule is CC(=O)Nc1ccc(S(=O)(=O)N[C@@H](C)C(=O)Nc2nc(-c3c(C)cc(C)cc3C)cs2)cc1. The van der Waals surface area contributed by atoms with Crippen molar-refractivity contribution in [1.82, 2.24) is 9.71 Å². The van der Waals surface area contributed by atoms with Crippen molar-refractivity contribution in [1.29, 1.82) is 0 Å². The number of rotatable bonds is 7. The summed E-state index contributed by atoms with van der Waals surface area (Å²) >= 11 is 1.28. The molecule has 0 aliphatic heterocycles. The third-order valence-corrected chi connectivity index (χ3v) is 7.19. The van der Waals surface area contributed by atoms with Crippen LogP contribution in [0.2, 0.25) is 0 Å². The molecule has 1 atom stereocenters. The van der Waals surface area contributed by atoms with E-state index < -0.39 is 22.0 Å². The van der Waals surface area contributed by atoms with E-state index in [4.69, 9.17) is 0 Å². The van der Waals surface area contributed by atoms with Crippen molar-refractivity contribution in [3.8, 4) is 11.3 Å². The van der Waals surface area contributed by atoms with Crippen molar-refractivity contribution in [2.45, 2.75) is 45.6 Å². The molecule has 8 nitrogen and oxygen atoms in total. The molecule has 3 rings (SSSR count). The zero-order valence-electron chi connectivity index (χ0n) is 19.0. The minimum atomic E-state index is -3.94. The summed E-state index contributed by atoms with van der Waals surface area (Å²) in [5.41, 5.74) is 5.63. The summed E-state index contributed by atoms with van der Waals surface area (Å²) in [5, 5.41) is 7.51. The van der Waals surface area contributed by atoms with Gasteiger partial charge in [-0.1, -0.05) is 17.7 Å². The Morgan fingerprint density at radius 1 is 1.00 bits per heavy atom. The maximum Gasteiger partial charge on any atom is 0.244 e. The average Bonchev–Trinajstić information content (AvgIpc) is 3.14. The van der Waals surface area contributed by atoms with Crippen LogP contribution in [0.5, 0.6) is 0 Å². The zero-order valence-corrected chi connectivity index (χ0v) is 20.6. The van der Waals surface area contributed by atoms with Gasteiger partial charge in [0.05, 0.1) is 16.6 Å². The largest absolute Gasteiger partial charge is 0.326 e. The van der Waals surface area contributed by atoms with Gasteiger partial charge in [0.25, 0.3) is 0 Å². The summed E-state index contributed by atoms with van der Waals surface area (Å²) < 4.78 is 27.6.